The Balaban J connectivity index is 0.00000243. The van der Waals surface area contributed by atoms with E-state index in [1.165, 1.54) is 5.56 Å². The van der Waals surface area contributed by atoms with Crippen LogP contribution in [0.4, 0.5) is 0 Å². The number of carbonyl (C=O) groups excluding carboxylic acids is 1. The fraction of sp³-hybridized carbons (Fsp3) is 0.286. The number of aromatic amines is 1. The molecule has 3 rings (SSSR count). The molecular weight excluding hydrogens is 367 g/mol. The van der Waals surface area contributed by atoms with Crippen LogP contribution in [0.5, 0.6) is 0 Å². The first-order valence-corrected chi connectivity index (χ1v) is 9.17. The average Bonchev–Trinajstić information content (AvgIpc) is 3.06. The summed E-state index contributed by atoms with van der Waals surface area (Å²) in [5.74, 6) is 0.216. The van der Waals surface area contributed by atoms with Crippen molar-refractivity contribution >= 4 is 40.7 Å². The number of ketones is 1. The molecule has 0 fully saturated rings. The van der Waals surface area contributed by atoms with Crippen LogP contribution in [0.2, 0.25) is 5.02 Å². The first-order chi connectivity index (χ1) is 12.3. The lowest BCUT2D eigenvalue weighted by Gasteiger charge is -2.06. The second-order valence-electron chi connectivity index (χ2n) is 6.22. The van der Waals surface area contributed by atoms with Crippen LogP contribution in [0.3, 0.4) is 0 Å². The number of benzene rings is 2. The predicted molar refractivity (Wildman–Crippen MR) is 112 cm³/mol. The van der Waals surface area contributed by atoms with Gasteiger partial charge in [0.05, 0.1) is 0 Å². The number of nitrogens with one attached hydrogen (secondary N) is 2. The molecule has 5 heteroatoms. The Bertz CT molecular complexity index is 845. The molecule has 0 saturated heterocycles. The number of H-pyrrole nitrogens is 1. The number of carbonyl (C=O) groups is 1. The van der Waals surface area contributed by atoms with Crippen molar-refractivity contribution in [3.63, 3.8) is 0 Å². The first kappa shape index (κ1) is 20.5. The summed E-state index contributed by atoms with van der Waals surface area (Å²) in [4.78, 5) is 15.5. The molecule has 0 atom stereocenters. The third kappa shape index (κ3) is 5.34. The van der Waals surface area contributed by atoms with Crippen molar-refractivity contribution in [2.45, 2.75) is 25.7 Å². The molecule has 138 valence electrons. The molecule has 0 radical (unpaired) electrons. The molecule has 3 aromatic rings. The summed E-state index contributed by atoms with van der Waals surface area (Å²) in [5, 5.41) is 5.27. The molecule has 0 spiro atoms. The highest BCUT2D eigenvalue weighted by atomic mass is 35.5. The second-order valence-corrected chi connectivity index (χ2v) is 6.63. The highest BCUT2D eigenvalue weighted by Gasteiger charge is 2.10. The van der Waals surface area contributed by atoms with Crippen molar-refractivity contribution in [2.24, 2.45) is 0 Å². The number of Topliss-reactive ketones (excluding diaryl/α,β-unsaturated/α-hetero) is 1. The maximum Gasteiger partial charge on any atom is 0.165 e. The average molecular weight is 391 g/mol. The van der Waals surface area contributed by atoms with Crippen LogP contribution in [0, 0.1) is 0 Å². The SMILES string of the molecule is Cl.O=C(CCCCNCCc1ccccc1Cl)c1c[nH]c2ccccc12. The standard InChI is InChI=1S/C21H23ClN2O.ClH/c22-19-9-3-1-7-16(19)12-14-23-13-6-5-11-21(25)18-15-24-20-10-4-2-8-17(18)20;/h1-4,7-10,15,23-24H,5-6,11-14H2;1H. The van der Waals surface area contributed by atoms with E-state index >= 15 is 0 Å². The van der Waals surface area contributed by atoms with Gasteiger partial charge < -0.3 is 10.3 Å². The topological polar surface area (TPSA) is 44.9 Å². The van der Waals surface area contributed by atoms with Gasteiger partial charge in [-0.3, -0.25) is 4.79 Å². The van der Waals surface area contributed by atoms with Crippen molar-refractivity contribution in [2.75, 3.05) is 13.1 Å². The minimum absolute atomic E-state index is 0. The molecule has 26 heavy (non-hydrogen) atoms. The van der Waals surface area contributed by atoms with Crippen molar-refractivity contribution in [1.82, 2.24) is 10.3 Å². The number of fused-ring (bicyclic) bond motifs is 1. The lowest BCUT2D eigenvalue weighted by atomic mass is 10.0. The van der Waals surface area contributed by atoms with Crippen molar-refractivity contribution in [3.8, 4) is 0 Å². The smallest absolute Gasteiger partial charge is 0.165 e. The fourth-order valence-electron chi connectivity index (χ4n) is 3.02. The first-order valence-electron chi connectivity index (χ1n) is 8.79. The Labute approximate surface area is 165 Å². The number of aromatic nitrogens is 1. The zero-order valence-electron chi connectivity index (χ0n) is 14.6. The second kappa shape index (κ2) is 10.4. The molecule has 0 aliphatic carbocycles. The van der Waals surface area contributed by atoms with Crippen LogP contribution in [0.25, 0.3) is 10.9 Å². The molecule has 3 nitrogen and oxygen atoms in total. The molecule has 1 aromatic heterocycles. The zero-order valence-corrected chi connectivity index (χ0v) is 16.2. The van der Waals surface area contributed by atoms with Crippen LogP contribution in [0.15, 0.2) is 54.7 Å². The van der Waals surface area contributed by atoms with Gasteiger partial charge >= 0.3 is 0 Å². The number of halogens is 2. The van der Waals surface area contributed by atoms with Gasteiger partial charge in [-0.2, -0.15) is 0 Å². The van der Waals surface area contributed by atoms with Crippen molar-refractivity contribution in [1.29, 1.82) is 0 Å². The third-order valence-electron chi connectivity index (χ3n) is 4.43. The van der Waals surface area contributed by atoms with E-state index in [-0.39, 0.29) is 18.2 Å². The van der Waals surface area contributed by atoms with E-state index in [9.17, 15) is 4.79 Å². The summed E-state index contributed by atoms with van der Waals surface area (Å²) < 4.78 is 0. The number of unbranched alkanes of at least 4 members (excludes halogenated alkanes) is 1. The molecule has 0 amide bonds. The monoisotopic (exact) mass is 390 g/mol. The summed E-state index contributed by atoms with van der Waals surface area (Å²) in [6.45, 7) is 1.83. The minimum Gasteiger partial charge on any atom is -0.360 e. The molecular formula is C21H24Cl2N2O. The van der Waals surface area contributed by atoms with Crippen LogP contribution in [-0.2, 0) is 6.42 Å². The van der Waals surface area contributed by atoms with Gasteiger partial charge in [0.1, 0.15) is 0 Å². The number of rotatable bonds is 9. The van der Waals surface area contributed by atoms with E-state index in [0.29, 0.717) is 6.42 Å². The van der Waals surface area contributed by atoms with E-state index in [4.69, 9.17) is 11.6 Å². The van der Waals surface area contributed by atoms with Crippen LogP contribution in [0.1, 0.15) is 35.2 Å². The van der Waals surface area contributed by atoms with Gasteiger partial charge in [0.2, 0.25) is 0 Å². The molecule has 0 saturated carbocycles. The van der Waals surface area contributed by atoms with Gasteiger partial charge in [0, 0.05) is 34.1 Å². The zero-order chi connectivity index (χ0) is 17.5. The molecule has 0 unspecified atom stereocenters. The van der Waals surface area contributed by atoms with E-state index in [2.05, 4.69) is 16.4 Å². The summed E-state index contributed by atoms with van der Waals surface area (Å²) in [6.07, 6.45) is 5.24. The van der Waals surface area contributed by atoms with Gasteiger partial charge in [-0.15, -0.1) is 12.4 Å². The van der Waals surface area contributed by atoms with Gasteiger partial charge in [0.25, 0.3) is 0 Å². The molecule has 0 aliphatic rings. The summed E-state index contributed by atoms with van der Waals surface area (Å²) in [5.41, 5.74) is 3.00. The number of para-hydroxylation sites is 1. The minimum atomic E-state index is 0. The highest BCUT2D eigenvalue weighted by Crippen LogP contribution is 2.20. The molecule has 0 bridgehead atoms. The Morgan fingerprint density at radius 1 is 1.00 bits per heavy atom. The van der Waals surface area contributed by atoms with Gasteiger partial charge in [-0.1, -0.05) is 48.0 Å². The Morgan fingerprint density at radius 2 is 1.77 bits per heavy atom. The van der Waals surface area contributed by atoms with Gasteiger partial charge in [-0.25, -0.2) is 0 Å². The van der Waals surface area contributed by atoms with Gasteiger partial charge in [0.15, 0.2) is 5.78 Å². The maximum atomic E-state index is 12.4. The Kier molecular flexibility index (Phi) is 8.17. The Morgan fingerprint density at radius 3 is 2.62 bits per heavy atom. The number of hydrogen-bond donors (Lipinski definition) is 2. The normalized spacial score (nSPS) is 10.7. The van der Waals surface area contributed by atoms with Crippen molar-refractivity contribution < 1.29 is 4.79 Å². The third-order valence-corrected chi connectivity index (χ3v) is 4.79. The predicted octanol–water partition coefficient (Wildman–Crippen LogP) is 5.43. The van der Waals surface area contributed by atoms with Crippen LogP contribution >= 0.6 is 24.0 Å². The largest absolute Gasteiger partial charge is 0.360 e. The number of hydrogen-bond acceptors (Lipinski definition) is 2. The van der Waals surface area contributed by atoms with E-state index < -0.39 is 0 Å². The lowest BCUT2D eigenvalue weighted by molar-refractivity contribution is 0.0981. The fourth-order valence-corrected chi connectivity index (χ4v) is 3.25. The summed E-state index contributed by atoms with van der Waals surface area (Å²) in [6, 6.07) is 15.9. The molecule has 2 N–H and O–H groups in total. The van der Waals surface area contributed by atoms with E-state index in [1.807, 2.05) is 48.7 Å². The summed E-state index contributed by atoms with van der Waals surface area (Å²) in [7, 11) is 0. The van der Waals surface area contributed by atoms with Crippen LogP contribution in [-0.4, -0.2) is 23.9 Å². The lowest BCUT2D eigenvalue weighted by Crippen LogP contribution is -2.18. The van der Waals surface area contributed by atoms with E-state index in [0.717, 1.165) is 53.8 Å². The highest BCUT2D eigenvalue weighted by molar-refractivity contribution is 6.31. The quantitative estimate of drug-likeness (QED) is 0.377. The summed E-state index contributed by atoms with van der Waals surface area (Å²) >= 11 is 6.14. The molecule has 0 aliphatic heterocycles. The van der Waals surface area contributed by atoms with Crippen LogP contribution < -0.4 is 5.32 Å². The van der Waals surface area contributed by atoms with E-state index in [1.54, 1.807) is 0 Å². The maximum absolute atomic E-state index is 12.4. The Hall–Kier alpha value is -1.81. The van der Waals surface area contributed by atoms with Gasteiger partial charge in [-0.05, 0) is 50.0 Å². The molecule has 2 aromatic carbocycles. The van der Waals surface area contributed by atoms with Crippen molar-refractivity contribution in [3.05, 3.63) is 70.9 Å². The molecule has 1 heterocycles.